The zero-order valence-electron chi connectivity index (χ0n) is 18.9. The van der Waals surface area contributed by atoms with E-state index in [2.05, 4.69) is 44.2 Å². The number of carbonyl (C=O) groups excluding carboxylic acids is 1. The van der Waals surface area contributed by atoms with Crippen LogP contribution in [0.3, 0.4) is 0 Å². The van der Waals surface area contributed by atoms with Crippen LogP contribution in [0.5, 0.6) is 0 Å². The molecule has 0 unspecified atom stereocenters. The number of aliphatic imine (C=N–C) groups is 1. The van der Waals surface area contributed by atoms with E-state index in [1.54, 1.807) is 17.0 Å². The highest BCUT2D eigenvalue weighted by Crippen LogP contribution is 2.44. The normalized spacial score (nSPS) is 23.6. The fraction of sp³-hybridized carbons (Fsp3) is 0.619. The minimum atomic E-state index is -1.54. The molecule has 0 radical (unpaired) electrons. The lowest BCUT2D eigenvalue weighted by Crippen LogP contribution is -2.59. The Hall–Kier alpha value is -2.46. The van der Waals surface area contributed by atoms with E-state index >= 15 is 0 Å². The number of rotatable bonds is 6. The molecule has 1 amide bonds. The van der Waals surface area contributed by atoms with Crippen molar-refractivity contribution in [2.75, 3.05) is 19.6 Å². The van der Waals surface area contributed by atoms with Crippen LogP contribution in [0.2, 0.25) is 13.1 Å². The van der Waals surface area contributed by atoms with Crippen LogP contribution in [0.15, 0.2) is 29.3 Å². The number of non-ortho nitro benzene ring substituents is 1. The number of nitro groups is 1. The molecule has 0 saturated carbocycles. The van der Waals surface area contributed by atoms with Gasteiger partial charge in [-0.05, 0) is 42.1 Å². The van der Waals surface area contributed by atoms with Crippen molar-refractivity contribution in [2.45, 2.75) is 52.6 Å². The first kappa shape index (κ1) is 23.2. The molecule has 2 aliphatic rings. The van der Waals surface area contributed by atoms with E-state index in [-0.39, 0.29) is 23.6 Å². The Morgan fingerprint density at radius 2 is 2.03 bits per heavy atom. The van der Waals surface area contributed by atoms with Crippen molar-refractivity contribution in [1.82, 2.24) is 10.2 Å². The summed E-state index contributed by atoms with van der Waals surface area (Å²) in [5.41, 5.74) is -0.255. The predicted molar refractivity (Wildman–Crippen MR) is 121 cm³/mol. The van der Waals surface area contributed by atoms with E-state index in [1.807, 2.05) is 0 Å². The molecule has 0 bridgehead atoms. The summed E-state index contributed by atoms with van der Waals surface area (Å²) in [6, 6.07) is 6.01. The van der Waals surface area contributed by atoms with Gasteiger partial charge in [0.1, 0.15) is 12.4 Å². The predicted octanol–water partition coefficient (Wildman–Crippen LogP) is 3.30. The van der Waals surface area contributed by atoms with Gasteiger partial charge in [-0.25, -0.2) is 4.79 Å². The number of amides is 1. The van der Waals surface area contributed by atoms with Crippen LogP contribution in [0.1, 0.15) is 32.8 Å². The number of nitrogens with zero attached hydrogens (tertiary/aromatic N) is 3. The summed E-state index contributed by atoms with van der Waals surface area (Å²) < 4.78 is 12.2. The fourth-order valence-corrected chi connectivity index (χ4v) is 5.17. The fourth-order valence-electron chi connectivity index (χ4n) is 4.06. The van der Waals surface area contributed by atoms with Crippen molar-refractivity contribution in [3.8, 4) is 0 Å². The van der Waals surface area contributed by atoms with Gasteiger partial charge < -0.3 is 14.5 Å². The molecule has 2 heterocycles. The van der Waals surface area contributed by atoms with E-state index in [0.717, 1.165) is 6.54 Å². The summed E-state index contributed by atoms with van der Waals surface area (Å²) in [7, 11) is -1.54. The first-order chi connectivity index (χ1) is 14.5. The molecule has 1 aromatic carbocycles. The smallest absolute Gasteiger partial charge is 0.412 e. The maximum absolute atomic E-state index is 13.3. The van der Waals surface area contributed by atoms with Gasteiger partial charge in [0.05, 0.1) is 11.5 Å². The summed E-state index contributed by atoms with van der Waals surface area (Å²) in [4.78, 5) is 30.0. The Bertz CT molecular complexity index is 852. The number of carbonyl (C=O) groups is 1. The minimum absolute atomic E-state index is 0.00210. The number of nitro benzene ring substituents is 1. The van der Waals surface area contributed by atoms with Gasteiger partial charge in [-0.3, -0.25) is 20.0 Å². The summed E-state index contributed by atoms with van der Waals surface area (Å²) in [6.07, 6.45) is 0.205. The van der Waals surface area contributed by atoms with Crippen molar-refractivity contribution in [3.05, 3.63) is 39.9 Å². The monoisotopic (exact) mass is 448 g/mol. The lowest BCUT2D eigenvalue weighted by Gasteiger charge is -2.39. The third kappa shape index (κ3) is 5.07. The zero-order valence-corrected chi connectivity index (χ0v) is 20.0. The number of benzene rings is 1. The molecule has 0 spiro atoms. The van der Waals surface area contributed by atoms with Crippen molar-refractivity contribution in [2.24, 2.45) is 16.3 Å². The second-order valence-electron chi connectivity index (χ2n) is 9.46. The van der Waals surface area contributed by atoms with Gasteiger partial charge in [0.2, 0.25) is 0 Å². The largest absolute Gasteiger partial charge is 0.444 e. The van der Waals surface area contributed by atoms with Gasteiger partial charge in [-0.2, -0.15) is 0 Å². The Morgan fingerprint density at radius 3 is 2.55 bits per heavy atom. The first-order valence-electron chi connectivity index (χ1n) is 10.7. The van der Waals surface area contributed by atoms with Crippen LogP contribution in [0, 0.1) is 21.4 Å². The molecular formula is C21H32N4O5Si. The first-order valence-corrected chi connectivity index (χ1v) is 13.5. The molecular weight excluding hydrogens is 416 g/mol. The molecule has 2 atom stereocenters. The molecule has 31 heavy (non-hydrogen) atoms. The zero-order chi connectivity index (χ0) is 22.8. The van der Waals surface area contributed by atoms with Crippen LogP contribution < -0.4 is 5.32 Å². The number of hydrogen-bond acceptors (Lipinski definition) is 7. The Morgan fingerprint density at radius 1 is 1.35 bits per heavy atom. The molecule has 0 aromatic heterocycles. The van der Waals surface area contributed by atoms with E-state index in [4.69, 9.17) is 9.16 Å². The highest BCUT2D eigenvalue weighted by atomic mass is 28.3. The third-order valence-electron chi connectivity index (χ3n) is 5.79. The minimum Gasteiger partial charge on any atom is -0.444 e. The Kier molecular flexibility index (Phi) is 6.70. The summed E-state index contributed by atoms with van der Waals surface area (Å²) in [5, 5.41) is 14.2. The van der Waals surface area contributed by atoms with Gasteiger partial charge >= 0.3 is 6.09 Å². The number of ether oxygens (including phenoxy) is 1. The van der Waals surface area contributed by atoms with Crippen LogP contribution in [-0.4, -0.2) is 56.2 Å². The van der Waals surface area contributed by atoms with Crippen LogP contribution in [0.4, 0.5) is 10.5 Å². The maximum atomic E-state index is 13.3. The van der Waals surface area contributed by atoms with Gasteiger partial charge in [-0.1, -0.05) is 20.8 Å². The van der Waals surface area contributed by atoms with Gasteiger partial charge in [0, 0.05) is 31.6 Å². The number of nitrogens with one attached hydrogen (secondary N) is 1. The third-order valence-corrected chi connectivity index (χ3v) is 6.65. The van der Waals surface area contributed by atoms with E-state index in [1.165, 1.54) is 12.1 Å². The molecule has 1 N–H and O–H groups in total. The van der Waals surface area contributed by atoms with E-state index < -0.39 is 25.8 Å². The molecule has 2 aliphatic heterocycles. The number of amidine groups is 1. The summed E-state index contributed by atoms with van der Waals surface area (Å²) in [6.45, 7) is 12.6. The van der Waals surface area contributed by atoms with Crippen molar-refractivity contribution in [3.63, 3.8) is 0 Å². The summed E-state index contributed by atoms with van der Waals surface area (Å²) >= 11 is 0. The quantitative estimate of drug-likeness (QED) is 0.407. The van der Waals surface area contributed by atoms with Crippen LogP contribution >= 0.6 is 0 Å². The maximum Gasteiger partial charge on any atom is 0.412 e. The second kappa shape index (κ2) is 8.95. The van der Waals surface area contributed by atoms with Crippen LogP contribution in [-0.2, 0) is 15.8 Å². The lowest BCUT2D eigenvalue weighted by molar-refractivity contribution is -0.384. The highest BCUT2D eigenvalue weighted by Gasteiger charge is 2.56. The molecule has 1 saturated heterocycles. The van der Waals surface area contributed by atoms with E-state index in [9.17, 15) is 14.9 Å². The lowest BCUT2D eigenvalue weighted by atomic mass is 9.79. The topological polar surface area (TPSA) is 106 Å². The SMILES string of the molecule is C[SiH](C)O[C@]1(C2=NCCN2)C[C@H](C(C)(C)C)CN1C(=O)OCc1ccc([N+](=O)[O-])cc1. The van der Waals surface area contributed by atoms with Crippen molar-refractivity contribution >= 4 is 26.7 Å². The number of likely N-dealkylation sites (tertiary alicyclic amines) is 1. The Labute approximate surface area is 184 Å². The summed E-state index contributed by atoms with van der Waals surface area (Å²) in [5.74, 6) is 0.935. The molecule has 170 valence electrons. The number of hydrogen-bond donors (Lipinski definition) is 1. The van der Waals surface area contributed by atoms with Gasteiger partial charge in [0.15, 0.2) is 14.8 Å². The Balaban J connectivity index is 1.83. The molecule has 0 aliphatic carbocycles. The standard InChI is InChI=1S/C21H32N4O5Si/c1-20(2,3)16-12-21(30-31(4)5,18-22-10-11-23-18)24(13-16)19(26)29-14-15-6-8-17(9-7-15)25(27)28/h6-9,16,31H,10-14H2,1-5H3,(H,22,23)/t16-,21-/m0/s1. The molecule has 1 aromatic rings. The van der Waals surface area contributed by atoms with Gasteiger partial charge in [-0.15, -0.1) is 0 Å². The molecule has 9 nitrogen and oxygen atoms in total. The van der Waals surface area contributed by atoms with E-state index in [0.29, 0.717) is 30.9 Å². The highest BCUT2D eigenvalue weighted by molar-refractivity contribution is 6.48. The van der Waals surface area contributed by atoms with Crippen LogP contribution in [0.25, 0.3) is 0 Å². The van der Waals surface area contributed by atoms with Gasteiger partial charge in [0.25, 0.3) is 5.69 Å². The molecule has 1 fully saturated rings. The van der Waals surface area contributed by atoms with Crippen molar-refractivity contribution in [1.29, 1.82) is 0 Å². The molecule has 10 heteroatoms. The van der Waals surface area contributed by atoms with Crippen molar-refractivity contribution < 1.29 is 18.9 Å². The molecule has 3 rings (SSSR count). The average Bonchev–Trinajstić information content (AvgIpc) is 3.34. The second-order valence-corrected chi connectivity index (χ2v) is 11.8. The average molecular weight is 449 g/mol.